The minimum Gasteiger partial charge on any atom is -0.454 e. The van der Waals surface area contributed by atoms with Crippen molar-refractivity contribution in [2.45, 2.75) is 63.9 Å². The fourth-order valence-electron chi connectivity index (χ4n) is 4.95. The molecule has 0 saturated heterocycles. The third kappa shape index (κ3) is 10.0. The molecule has 0 amide bonds. The Morgan fingerprint density at radius 2 is 1.85 bits per heavy atom. The number of carbonyl (C=O) groups is 3. The molecule has 7 nitrogen and oxygen atoms in total. The van der Waals surface area contributed by atoms with Crippen LogP contribution in [0, 0.1) is 11.8 Å². The summed E-state index contributed by atoms with van der Waals surface area (Å²) in [7, 11) is 1.64. The summed E-state index contributed by atoms with van der Waals surface area (Å²) < 4.78 is 10.5. The fourth-order valence-corrected chi connectivity index (χ4v) is 5.92. The lowest BCUT2D eigenvalue weighted by atomic mass is 9.91. The number of rotatable bonds is 16. The van der Waals surface area contributed by atoms with Crippen LogP contribution in [0.4, 0.5) is 0 Å². The van der Waals surface area contributed by atoms with Crippen molar-refractivity contribution in [1.29, 1.82) is 0 Å². The standard InChI is InChI=1S/C32H40O7S/c1-22(32(37)25-10-4-3-5-11-25)39-31(36)12-7-16-40-17-15-28-27(29(34)20-30(28)35)14-13-26(33)19-23-8-6-9-24(18-23)21-38-2/h3-6,8-11,13-14,18,22,26-29,33-34H,7,12,15-17,19-21H2,1-2H3/t22?,26-,27-,28-,29-/m1/s1. The second-order valence-electron chi connectivity index (χ2n) is 10.2. The van der Waals surface area contributed by atoms with E-state index in [1.807, 2.05) is 30.3 Å². The van der Waals surface area contributed by atoms with E-state index in [0.717, 1.165) is 22.6 Å². The summed E-state index contributed by atoms with van der Waals surface area (Å²) in [5.41, 5.74) is 2.54. The molecule has 2 N–H and O–H groups in total. The van der Waals surface area contributed by atoms with Crippen molar-refractivity contribution in [2.24, 2.45) is 11.8 Å². The third-order valence-corrected chi connectivity index (χ3v) is 8.12. The molecule has 0 heterocycles. The van der Waals surface area contributed by atoms with Crippen LogP contribution in [0.15, 0.2) is 66.7 Å². The number of hydrogen-bond acceptors (Lipinski definition) is 8. The number of ketones is 2. The third-order valence-electron chi connectivity index (χ3n) is 7.01. The Bertz CT molecular complexity index is 1130. The van der Waals surface area contributed by atoms with E-state index in [-0.39, 0.29) is 36.2 Å². The van der Waals surface area contributed by atoms with Gasteiger partial charge in [0.2, 0.25) is 5.78 Å². The lowest BCUT2D eigenvalue weighted by Crippen LogP contribution is -2.24. The number of thioether (sulfide) groups is 1. The average molecular weight is 569 g/mol. The highest BCUT2D eigenvalue weighted by atomic mass is 32.2. The van der Waals surface area contributed by atoms with Crippen molar-refractivity contribution in [3.8, 4) is 0 Å². The van der Waals surface area contributed by atoms with Crippen molar-refractivity contribution in [3.63, 3.8) is 0 Å². The molecule has 1 aliphatic rings. The number of ether oxygens (including phenoxy) is 2. The monoisotopic (exact) mass is 568 g/mol. The van der Waals surface area contributed by atoms with Crippen LogP contribution in [-0.4, -0.2) is 64.7 Å². The maximum Gasteiger partial charge on any atom is 0.306 e. The number of hydrogen-bond donors (Lipinski definition) is 2. The van der Waals surface area contributed by atoms with E-state index in [4.69, 9.17) is 9.47 Å². The van der Waals surface area contributed by atoms with Gasteiger partial charge in [-0.05, 0) is 42.4 Å². The van der Waals surface area contributed by atoms with Crippen LogP contribution in [-0.2, 0) is 32.1 Å². The maximum absolute atomic E-state index is 12.5. The summed E-state index contributed by atoms with van der Waals surface area (Å²) in [4.78, 5) is 37.0. The largest absolute Gasteiger partial charge is 0.454 e. The average Bonchev–Trinajstić information content (AvgIpc) is 3.21. The summed E-state index contributed by atoms with van der Waals surface area (Å²) in [6.45, 7) is 2.09. The van der Waals surface area contributed by atoms with Crippen LogP contribution in [0.25, 0.3) is 0 Å². The minimum atomic E-state index is -0.827. The molecular weight excluding hydrogens is 528 g/mol. The molecule has 2 aromatic rings. The SMILES string of the molecule is COCc1cccc(C[C@H](O)C=C[C@H]2[C@H](O)CC(=O)[C@@H]2CCSCCCC(=O)OC(C)C(=O)c2ccccc2)c1. The van der Waals surface area contributed by atoms with Crippen molar-refractivity contribution < 1.29 is 34.1 Å². The number of methoxy groups -OCH3 is 1. The molecule has 1 aliphatic carbocycles. The molecule has 2 aromatic carbocycles. The number of aliphatic hydroxyl groups excluding tert-OH is 2. The highest BCUT2D eigenvalue weighted by molar-refractivity contribution is 7.99. The zero-order chi connectivity index (χ0) is 28.9. The fraction of sp³-hybridized carbons (Fsp3) is 0.469. The molecule has 1 saturated carbocycles. The van der Waals surface area contributed by atoms with Crippen LogP contribution in [0.3, 0.4) is 0 Å². The highest BCUT2D eigenvalue weighted by Gasteiger charge is 2.39. The van der Waals surface area contributed by atoms with Gasteiger partial charge in [-0.3, -0.25) is 14.4 Å². The van der Waals surface area contributed by atoms with Gasteiger partial charge in [-0.2, -0.15) is 11.8 Å². The molecule has 1 unspecified atom stereocenters. The Hall–Kier alpha value is -2.78. The van der Waals surface area contributed by atoms with Gasteiger partial charge in [-0.1, -0.05) is 66.7 Å². The molecule has 40 heavy (non-hydrogen) atoms. The van der Waals surface area contributed by atoms with Crippen LogP contribution >= 0.6 is 11.8 Å². The van der Waals surface area contributed by atoms with E-state index < -0.39 is 24.3 Å². The van der Waals surface area contributed by atoms with Gasteiger partial charge in [0.25, 0.3) is 0 Å². The first-order valence-electron chi connectivity index (χ1n) is 13.8. The topological polar surface area (TPSA) is 110 Å². The summed E-state index contributed by atoms with van der Waals surface area (Å²) in [6.07, 6.45) is 3.21. The van der Waals surface area contributed by atoms with Crippen LogP contribution < -0.4 is 0 Å². The van der Waals surface area contributed by atoms with Gasteiger partial charge in [-0.15, -0.1) is 0 Å². The van der Waals surface area contributed by atoms with Gasteiger partial charge in [0, 0.05) is 43.8 Å². The number of benzene rings is 2. The molecule has 0 aliphatic heterocycles. The van der Waals surface area contributed by atoms with Crippen molar-refractivity contribution in [2.75, 3.05) is 18.6 Å². The molecule has 216 valence electrons. The first kappa shape index (κ1) is 31.7. The molecule has 5 atom stereocenters. The van der Waals surface area contributed by atoms with Gasteiger partial charge >= 0.3 is 5.97 Å². The maximum atomic E-state index is 12.5. The van der Waals surface area contributed by atoms with Crippen LogP contribution in [0.1, 0.15) is 54.1 Å². The van der Waals surface area contributed by atoms with E-state index in [9.17, 15) is 24.6 Å². The number of aliphatic hydroxyl groups is 2. The Kier molecular flexibility index (Phi) is 13.1. The Balaban J connectivity index is 1.37. The first-order valence-corrected chi connectivity index (χ1v) is 14.9. The van der Waals surface area contributed by atoms with Crippen LogP contribution in [0.5, 0.6) is 0 Å². The Morgan fingerprint density at radius 1 is 1.10 bits per heavy atom. The lowest BCUT2D eigenvalue weighted by Gasteiger charge is -2.18. The summed E-state index contributed by atoms with van der Waals surface area (Å²) >= 11 is 1.65. The van der Waals surface area contributed by atoms with Crippen molar-refractivity contribution >= 4 is 29.3 Å². The molecule has 0 aromatic heterocycles. The molecule has 0 spiro atoms. The Labute approximate surface area is 241 Å². The predicted molar refractivity (Wildman–Crippen MR) is 156 cm³/mol. The van der Waals surface area contributed by atoms with Crippen LogP contribution in [0.2, 0.25) is 0 Å². The minimum absolute atomic E-state index is 0.0464. The van der Waals surface area contributed by atoms with E-state index in [1.165, 1.54) is 0 Å². The van der Waals surface area contributed by atoms with Gasteiger partial charge in [0.05, 0.1) is 18.8 Å². The lowest BCUT2D eigenvalue weighted by molar-refractivity contribution is -0.146. The second-order valence-corrected chi connectivity index (χ2v) is 11.4. The van der Waals surface area contributed by atoms with Crippen molar-refractivity contribution in [3.05, 3.63) is 83.4 Å². The van der Waals surface area contributed by atoms with E-state index in [2.05, 4.69) is 0 Å². The summed E-state index contributed by atoms with van der Waals surface area (Å²) in [6, 6.07) is 16.6. The van der Waals surface area contributed by atoms with Gasteiger partial charge in [0.1, 0.15) is 5.78 Å². The molecule has 0 bridgehead atoms. The molecule has 8 heteroatoms. The number of Topliss-reactive ketones (excluding diaryl/α,β-unsaturated/α-hetero) is 2. The summed E-state index contributed by atoms with van der Waals surface area (Å²) in [5, 5.41) is 21.0. The Morgan fingerprint density at radius 3 is 2.60 bits per heavy atom. The van der Waals surface area contributed by atoms with Gasteiger partial charge in [0.15, 0.2) is 6.10 Å². The highest BCUT2D eigenvalue weighted by Crippen LogP contribution is 2.34. The predicted octanol–water partition coefficient (Wildman–Crippen LogP) is 4.58. The zero-order valence-electron chi connectivity index (χ0n) is 23.2. The number of esters is 1. The van der Waals surface area contributed by atoms with E-state index in [0.29, 0.717) is 31.4 Å². The van der Waals surface area contributed by atoms with Crippen molar-refractivity contribution in [1.82, 2.24) is 0 Å². The van der Waals surface area contributed by atoms with E-state index >= 15 is 0 Å². The molecule has 0 radical (unpaired) electrons. The van der Waals surface area contributed by atoms with Gasteiger partial charge < -0.3 is 19.7 Å². The second kappa shape index (κ2) is 16.5. The quantitative estimate of drug-likeness (QED) is 0.131. The molecule has 3 rings (SSSR count). The molecular formula is C32H40O7S. The molecule has 1 fully saturated rings. The number of carbonyl (C=O) groups excluding carboxylic acids is 3. The summed E-state index contributed by atoms with van der Waals surface area (Å²) in [5.74, 6) is 0.262. The zero-order valence-corrected chi connectivity index (χ0v) is 24.1. The van der Waals surface area contributed by atoms with E-state index in [1.54, 1.807) is 62.2 Å². The smallest absolute Gasteiger partial charge is 0.306 e. The normalized spacial score (nSPS) is 20.5. The first-order chi connectivity index (χ1) is 19.3. The van der Waals surface area contributed by atoms with Gasteiger partial charge in [-0.25, -0.2) is 0 Å².